The Morgan fingerprint density at radius 1 is 1.11 bits per heavy atom. The molecule has 0 saturated heterocycles. The van der Waals surface area contributed by atoms with Crippen LogP contribution in [0.2, 0.25) is 5.02 Å². The van der Waals surface area contributed by atoms with Crippen molar-refractivity contribution in [3.8, 4) is 0 Å². The Kier molecular flexibility index (Phi) is 8.66. The van der Waals surface area contributed by atoms with Crippen molar-refractivity contribution in [2.45, 2.75) is 89.5 Å². The molecule has 2 aromatic rings. The monoisotopic (exact) mass is 507 g/mol. The van der Waals surface area contributed by atoms with Gasteiger partial charge in [0.15, 0.2) is 5.78 Å². The molecule has 0 N–H and O–H groups in total. The summed E-state index contributed by atoms with van der Waals surface area (Å²) in [5, 5.41) is 2.59. The molecule has 0 spiro atoms. The second-order valence-corrected chi connectivity index (χ2v) is 11.2. The summed E-state index contributed by atoms with van der Waals surface area (Å²) in [5.41, 5.74) is 0.720. The van der Waals surface area contributed by atoms with Gasteiger partial charge in [0.1, 0.15) is 11.3 Å². The number of benzene rings is 2. The van der Waals surface area contributed by atoms with E-state index in [-0.39, 0.29) is 30.3 Å². The maximum Gasteiger partial charge on any atom is 0.223 e. The van der Waals surface area contributed by atoms with Crippen LogP contribution in [-0.2, 0) is 20.8 Å². The van der Waals surface area contributed by atoms with Gasteiger partial charge in [0.25, 0.3) is 0 Å². The van der Waals surface area contributed by atoms with Gasteiger partial charge in [-0.3, -0.25) is 14.4 Å². The molecule has 0 heterocycles. The van der Waals surface area contributed by atoms with Crippen LogP contribution in [0.1, 0.15) is 83.1 Å². The molecule has 4 rings (SSSR count). The summed E-state index contributed by atoms with van der Waals surface area (Å²) in [6, 6.07) is 11.8. The van der Waals surface area contributed by atoms with E-state index in [2.05, 4.69) is 6.58 Å². The number of hydrogen-bond acceptors (Lipinski definition) is 3. The molecule has 192 valence electrons. The normalized spacial score (nSPS) is 19.9. The molecular weight excluding hydrogens is 470 g/mol. The summed E-state index contributed by atoms with van der Waals surface area (Å²) in [4.78, 5) is 40.7. The van der Waals surface area contributed by atoms with E-state index >= 15 is 0 Å². The van der Waals surface area contributed by atoms with Gasteiger partial charge >= 0.3 is 0 Å². The molecule has 0 radical (unpaired) electrons. The highest BCUT2D eigenvalue weighted by atomic mass is 35.5. The van der Waals surface area contributed by atoms with Crippen molar-refractivity contribution in [3.63, 3.8) is 0 Å². The average Bonchev–Trinajstić information content (AvgIpc) is 3.52. The fourth-order valence-corrected chi connectivity index (χ4v) is 6.21. The predicted molar refractivity (Wildman–Crippen MR) is 146 cm³/mol. The Hall–Kier alpha value is -2.46. The fourth-order valence-electron chi connectivity index (χ4n) is 5.91. The number of Topliss-reactive ketones (excluding diaryl/α,β-unsaturated/α-hetero) is 2. The zero-order valence-corrected chi connectivity index (χ0v) is 22.2. The molecule has 2 aromatic carbocycles. The number of hydrogen-bond donors (Lipinski definition) is 0. The van der Waals surface area contributed by atoms with Crippen LogP contribution in [-0.4, -0.2) is 34.5 Å². The first kappa shape index (κ1) is 26.6. The molecule has 0 bridgehead atoms. The van der Waals surface area contributed by atoms with Gasteiger partial charge < -0.3 is 4.90 Å². The second kappa shape index (κ2) is 11.7. The molecule has 2 aliphatic rings. The van der Waals surface area contributed by atoms with Crippen molar-refractivity contribution >= 4 is 39.8 Å². The zero-order valence-electron chi connectivity index (χ0n) is 21.5. The van der Waals surface area contributed by atoms with E-state index in [1.165, 1.54) is 32.1 Å². The van der Waals surface area contributed by atoms with Crippen LogP contribution in [0, 0.1) is 5.92 Å². The number of halogens is 1. The van der Waals surface area contributed by atoms with Crippen LogP contribution < -0.4 is 0 Å². The number of nitrogens with zero attached hydrogens (tertiary/aromatic N) is 1. The van der Waals surface area contributed by atoms with Gasteiger partial charge in [-0.2, -0.15) is 0 Å². The summed E-state index contributed by atoms with van der Waals surface area (Å²) >= 11 is 6.59. The number of ketones is 2. The van der Waals surface area contributed by atoms with Gasteiger partial charge in [0.2, 0.25) is 5.91 Å². The number of amides is 1. The highest BCUT2D eigenvalue weighted by Gasteiger charge is 2.59. The quantitative estimate of drug-likeness (QED) is 0.284. The van der Waals surface area contributed by atoms with Gasteiger partial charge in [-0.25, -0.2) is 0 Å². The lowest BCUT2D eigenvalue weighted by molar-refractivity contribution is -0.137. The molecular formula is C31H38ClNO3. The Morgan fingerprint density at radius 3 is 2.53 bits per heavy atom. The van der Waals surface area contributed by atoms with Crippen molar-refractivity contribution in [1.29, 1.82) is 0 Å². The minimum absolute atomic E-state index is 0.0195. The van der Waals surface area contributed by atoms with Gasteiger partial charge in [-0.15, -0.1) is 0 Å². The summed E-state index contributed by atoms with van der Waals surface area (Å²) in [7, 11) is 0. The van der Waals surface area contributed by atoms with Gasteiger partial charge in [0.05, 0.1) is 5.02 Å². The van der Waals surface area contributed by atoms with E-state index in [1.54, 1.807) is 0 Å². The molecule has 2 aliphatic carbocycles. The number of carbonyl (C=O) groups excluding carboxylic acids is 3. The lowest BCUT2D eigenvalue weighted by Gasteiger charge is -2.32. The Labute approximate surface area is 220 Å². The van der Waals surface area contributed by atoms with Crippen molar-refractivity contribution in [2.75, 3.05) is 6.54 Å². The first-order valence-corrected chi connectivity index (χ1v) is 13.9. The largest absolute Gasteiger partial charge is 0.329 e. The molecule has 1 unspecified atom stereocenters. The number of carbonyl (C=O) groups is 3. The van der Waals surface area contributed by atoms with Crippen molar-refractivity contribution in [2.24, 2.45) is 5.92 Å². The third kappa shape index (κ3) is 6.08. The molecule has 5 heteroatoms. The molecule has 0 aromatic heterocycles. The van der Waals surface area contributed by atoms with Crippen LogP contribution in [0.3, 0.4) is 0 Å². The average molecular weight is 508 g/mol. The highest BCUT2D eigenvalue weighted by molar-refractivity contribution is 6.36. The third-order valence-electron chi connectivity index (χ3n) is 7.92. The van der Waals surface area contributed by atoms with E-state index in [0.717, 1.165) is 29.2 Å². The first-order chi connectivity index (χ1) is 17.3. The summed E-state index contributed by atoms with van der Waals surface area (Å²) < 4.78 is 0. The zero-order chi connectivity index (χ0) is 25.7. The van der Waals surface area contributed by atoms with Crippen molar-refractivity contribution in [3.05, 3.63) is 59.1 Å². The molecule has 0 aliphatic heterocycles. The number of fused-ring (bicyclic) bond motifs is 1. The van der Waals surface area contributed by atoms with Crippen LogP contribution in [0.15, 0.2) is 48.6 Å². The molecule has 4 nitrogen and oxygen atoms in total. The standard InChI is InChI=1S/C31H38ClNO3/c1-3-17-33(29(36)16-13-23-9-5-4-6-10-23)31(21-28(31)35)20-22(2)18-26(34)19-25-15-14-24-11-7-8-12-27(24)30(25)32/h7-8,11-12,14-15,23H,2-6,9-10,13,16-21H2,1H3. The molecule has 1 atom stereocenters. The summed E-state index contributed by atoms with van der Waals surface area (Å²) in [6.45, 7) is 6.75. The predicted octanol–water partition coefficient (Wildman–Crippen LogP) is 7.25. The number of rotatable bonds is 12. The minimum atomic E-state index is -0.794. The van der Waals surface area contributed by atoms with Crippen molar-refractivity contribution in [1.82, 2.24) is 4.90 Å². The lowest BCUT2D eigenvalue weighted by Crippen LogP contribution is -2.44. The Bertz CT molecular complexity index is 1150. The van der Waals surface area contributed by atoms with Crippen LogP contribution in [0.4, 0.5) is 0 Å². The van der Waals surface area contributed by atoms with E-state index < -0.39 is 5.54 Å². The van der Waals surface area contributed by atoms with E-state index in [0.29, 0.717) is 42.3 Å². The third-order valence-corrected chi connectivity index (χ3v) is 8.37. The second-order valence-electron chi connectivity index (χ2n) is 10.8. The Balaban J connectivity index is 1.37. The Morgan fingerprint density at radius 2 is 1.83 bits per heavy atom. The SMILES string of the molecule is C=C(CC(=O)Cc1ccc2ccccc2c1Cl)CC1(N(CCC)C(=O)CCC2CCCCC2)CC1=O. The van der Waals surface area contributed by atoms with Crippen LogP contribution in [0.25, 0.3) is 10.8 Å². The van der Waals surface area contributed by atoms with Gasteiger partial charge in [-0.1, -0.05) is 99.2 Å². The summed E-state index contributed by atoms with van der Waals surface area (Å²) in [6.07, 6.45) is 9.63. The maximum absolute atomic E-state index is 13.3. The first-order valence-electron chi connectivity index (χ1n) is 13.5. The lowest BCUT2D eigenvalue weighted by atomic mass is 9.86. The van der Waals surface area contributed by atoms with Gasteiger partial charge in [0, 0.05) is 37.6 Å². The smallest absolute Gasteiger partial charge is 0.223 e. The molecule has 2 fully saturated rings. The minimum Gasteiger partial charge on any atom is -0.329 e. The van der Waals surface area contributed by atoms with Crippen molar-refractivity contribution < 1.29 is 14.4 Å². The molecule has 36 heavy (non-hydrogen) atoms. The highest BCUT2D eigenvalue weighted by Crippen LogP contribution is 2.44. The van der Waals surface area contributed by atoms with Crippen LogP contribution in [0.5, 0.6) is 0 Å². The molecule has 1 amide bonds. The molecule has 2 saturated carbocycles. The maximum atomic E-state index is 13.3. The summed E-state index contributed by atoms with van der Waals surface area (Å²) in [5.74, 6) is 0.820. The van der Waals surface area contributed by atoms with Gasteiger partial charge in [-0.05, 0) is 36.1 Å². The van der Waals surface area contributed by atoms with Crippen LogP contribution >= 0.6 is 11.6 Å². The topological polar surface area (TPSA) is 54.5 Å². The van der Waals surface area contributed by atoms with E-state index in [1.807, 2.05) is 48.2 Å². The van der Waals surface area contributed by atoms with E-state index in [9.17, 15) is 14.4 Å². The van der Waals surface area contributed by atoms with E-state index in [4.69, 9.17) is 11.6 Å². The fraction of sp³-hybridized carbons (Fsp3) is 0.516.